The van der Waals surface area contributed by atoms with E-state index in [1.807, 2.05) is 6.92 Å². The standard InChI is InChI=1S/C12H16ClN3O/c1-8(2)6-9(3)15-16-12(17)11-7-10(13)4-5-14-11/h4-5,7-8H,6H2,1-3H3,(H,16,17). The van der Waals surface area contributed by atoms with Crippen LogP contribution in [0.5, 0.6) is 0 Å². The van der Waals surface area contributed by atoms with Gasteiger partial charge in [-0.2, -0.15) is 5.10 Å². The second-order valence-corrected chi connectivity index (χ2v) is 4.68. The first kappa shape index (κ1) is 13.6. The smallest absolute Gasteiger partial charge is 0.266 e. The summed E-state index contributed by atoms with van der Waals surface area (Å²) < 4.78 is 0. The maximum absolute atomic E-state index is 11.6. The number of rotatable bonds is 4. The van der Waals surface area contributed by atoms with Crippen molar-refractivity contribution in [2.75, 3.05) is 0 Å². The molecular weight excluding hydrogens is 238 g/mol. The molecule has 17 heavy (non-hydrogen) atoms. The summed E-state index contributed by atoms with van der Waals surface area (Å²) in [5.74, 6) is 0.163. The first-order chi connectivity index (χ1) is 7.99. The van der Waals surface area contributed by atoms with Crippen molar-refractivity contribution in [3.8, 4) is 0 Å². The highest BCUT2D eigenvalue weighted by Gasteiger charge is 2.06. The third-order valence-electron chi connectivity index (χ3n) is 2.01. The molecule has 0 atom stereocenters. The Labute approximate surface area is 106 Å². The number of carbonyl (C=O) groups is 1. The lowest BCUT2D eigenvalue weighted by atomic mass is 10.1. The Bertz CT molecular complexity index is 430. The minimum absolute atomic E-state index is 0.263. The SMILES string of the molecule is CC(CC(C)C)=NNC(=O)c1cc(Cl)ccn1. The van der Waals surface area contributed by atoms with E-state index in [1.54, 1.807) is 6.07 Å². The van der Waals surface area contributed by atoms with Gasteiger partial charge >= 0.3 is 0 Å². The normalized spacial score (nSPS) is 11.7. The number of hydrogen-bond donors (Lipinski definition) is 1. The third kappa shape index (κ3) is 4.95. The van der Waals surface area contributed by atoms with E-state index in [0.717, 1.165) is 12.1 Å². The molecule has 92 valence electrons. The number of amides is 1. The number of hydrogen-bond acceptors (Lipinski definition) is 3. The fourth-order valence-electron chi connectivity index (χ4n) is 1.37. The number of halogens is 1. The van der Waals surface area contributed by atoms with Gasteiger partial charge in [0.15, 0.2) is 0 Å². The quantitative estimate of drug-likeness (QED) is 0.663. The van der Waals surface area contributed by atoms with E-state index in [0.29, 0.717) is 10.9 Å². The molecule has 1 aromatic heterocycles. The zero-order valence-corrected chi connectivity index (χ0v) is 11.0. The molecule has 1 N–H and O–H groups in total. The average Bonchev–Trinajstić information content (AvgIpc) is 2.25. The number of nitrogens with one attached hydrogen (secondary N) is 1. The van der Waals surface area contributed by atoms with E-state index in [2.05, 4.69) is 29.4 Å². The van der Waals surface area contributed by atoms with Gasteiger partial charge in [0.2, 0.25) is 0 Å². The monoisotopic (exact) mass is 253 g/mol. The van der Waals surface area contributed by atoms with Crippen molar-refractivity contribution in [2.24, 2.45) is 11.0 Å². The van der Waals surface area contributed by atoms with Crippen LogP contribution in [-0.4, -0.2) is 16.6 Å². The van der Waals surface area contributed by atoms with E-state index in [9.17, 15) is 4.79 Å². The van der Waals surface area contributed by atoms with Crippen LogP contribution in [0.1, 0.15) is 37.7 Å². The van der Waals surface area contributed by atoms with E-state index >= 15 is 0 Å². The Morgan fingerprint density at radius 2 is 2.29 bits per heavy atom. The molecule has 0 spiro atoms. The molecule has 5 heteroatoms. The highest BCUT2D eigenvalue weighted by atomic mass is 35.5. The topological polar surface area (TPSA) is 54.4 Å². The molecule has 4 nitrogen and oxygen atoms in total. The summed E-state index contributed by atoms with van der Waals surface area (Å²) in [4.78, 5) is 15.6. The van der Waals surface area contributed by atoms with Gasteiger partial charge in [-0.25, -0.2) is 5.43 Å². The molecule has 1 aromatic rings. The zero-order valence-electron chi connectivity index (χ0n) is 10.2. The fourth-order valence-corrected chi connectivity index (χ4v) is 1.53. The van der Waals surface area contributed by atoms with E-state index in [4.69, 9.17) is 11.6 Å². The second kappa shape index (κ2) is 6.35. The van der Waals surface area contributed by atoms with Crippen molar-refractivity contribution >= 4 is 23.2 Å². The van der Waals surface area contributed by atoms with E-state index < -0.39 is 0 Å². The Hall–Kier alpha value is -1.42. The maximum atomic E-state index is 11.6. The summed E-state index contributed by atoms with van der Waals surface area (Å²) in [6, 6.07) is 3.12. The lowest BCUT2D eigenvalue weighted by Crippen LogP contribution is -2.20. The minimum Gasteiger partial charge on any atom is -0.266 e. The highest BCUT2D eigenvalue weighted by Crippen LogP contribution is 2.07. The first-order valence-electron chi connectivity index (χ1n) is 5.44. The van der Waals surface area contributed by atoms with Gasteiger partial charge in [-0.05, 0) is 31.4 Å². The molecular formula is C12H16ClN3O. The minimum atomic E-state index is -0.351. The summed E-state index contributed by atoms with van der Waals surface area (Å²) in [6.45, 7) is 6.07. The van der Waals surface area contributed by atoms with Crippen LogP contribution in [0.4, 0.5) is 0 Å². The number of hydrazone groups is 1. The van der Waals surface area contributed by atoms with Crippen LogP contribution in [0.15, 0.2) is 23.4 Å². The number of aromatic nitrogens is 1. The van der Waals surface area contributed by atoms with Crippen LogP contribution in [0, 0.1) is 5.92 Å². The van der Waals surface area contributed by atoms with Gasteiger partial charge in [0.05, 0.1) is 0 Å². The van der Waals surface area contributed by atoms with Crippen LogP contribution in [-0.2, 0) is 0 Å². The maximum Gasteiger partial charge on any atom is 0.289 e. The summed E-state index contributed by atoms with van der Waals surface area (Å²) in [5.41, 5.74) is 3.61. The van der Waals surface area contributed by atoms with E-state index in [-0.39, 0.29) is 11.6 Å². The van der Waals surface area contributed by atoms with Crippen LogP contribution in [0.3, 0.4) is 0 Å². The van der Waals surface area contributed by atoms with Crippen LogP contribution >= 0.6 is 11.6 Å². The second-order valence-electron chi connectivity index (χ2n) is 4.25. The summed E-state index contributed by atoms with van der Waals surface area (Å²) >= 11 is 5.76. The number of pyridine rings is 1. The van der Waals surface area contributed by atoms with Crippen LogP contribution in [0.2, 0.25) is 5.02 Å². The van der Waals surface area contributed by atoms with Crippen molar-refractivity contribution in [2.45, 2.75) is 27.2 Å². The largest absolute Gasteiger partial charge is 0.289 e. The molecule has 0 saturated heterocycles. The Morgan fingerprint density at radius 3 is 2.88 bits per heavy atom. The zero-order chi connectivity index (χ0) is 12.8. The molecule has 0 bridgehead atoms. The van der Waals surface area contributed by atoms with Crippen LogP contribution in [0.25, 0.3) is 0 Å². The highest BCUT2D eigenvalue weighted by molar-refractivity contribution is 6.30. The van der Waals surface area contributed by atoms with Crippen molar-refractivity contribution in [3.05, 3.63) is 29.0 Å². The number of carbonyl (C=O) groups excluding carboxylic acids is 1. The number of nitrogens with zero attached hydrogens (tertiary/aromatic N) is 2. The van der Waals surface area contributed by atoms with Gasteiger partial charge in [-0.1, -0.05) is 25.4 Å². The van der Waals surface area contributed by atoms with Crippen LogP contribution < -0.4 is 5.43 Å². The molecule has 0 saturated carbocycles. The molecule has 0 radical (unpaired) electrons. The molecule has 1 amide bonds. The molecule has 0 aromatic carbocycles. The van der Waals surface area contributed by atoms with Gasteiger partial charge in [-0.3, -0.25) is 9.78 Å². The van der Waals surface area contributed by atoms with Crippen molar-refractivity contribution in [1.29, 1.82) is 0 Å². The Morgan fingerprint density at radius 1 is 1.59 bits per heavy atom. The molecule has 1 heterocycles. The van der Waals surface area contributed by atoms with Gasteiger partial charge < -0.3 is 0 Å². The molecule has 0 aliphatic heterocycles. The summed E-state index contributed by atoms with van der Waals surface area (Å²) in [6.07, 6.45) is 2.34. The summed E-state index contributed by atoms with van der Waals surface area (Å²) in [5, 5.41) is 4.48. The molecule has 0 fully saturated rings. The molecule has 0 aliphatic carbocycles. The van der Waals surface area contributed by atoms with Crippen molar-refractivity contribution in [3.63, 3.8) is 0 Å². The molecule has 0 aliphatic rings. The summed E-state index contributed by atoms with van der Waals surface area (Å²) in [7, 11) is 0. The molecule has 0 unspecified atom stereocenters. The predicted molar refractivity (Wildman–Crippen MR) is 69.3 cm³/mol. The molecule has 1 rings (SSSR count). The Balaban J connectivity index is 2.61. The first-order valence-corrected chi connectivity index (χ1v) is 5.82. The van der Waals surface area contributed by atoms with Gasteiger partial charge in [0.1, 0.15) is 5.69 Å². The fraction of sp³-hybridized carbons (Fsp3) is 0.417. The third-order valence-corrected chi connectivity index (χ3v) is 2.24. The Kier molecular flexibility index (Phi) is 5.10. The van der Waals surface area contributed by atoms with Gasteiger partial charge in [0.25, 0.3) is 5.91 Å². The lowest BCUT2D eigenvalue weighted by Gasteiger charge is -2.04. The van der Waals surface area contributed by atoms with Gasteiger partial charge in [0, 0.05) is 16.9 Å². The van der Waals surface area contributed by atoms with E-state index in [1.165, 1.54) is 12.3 Å². The van der Waals surface area contributed by atoms with Crippen molar-refractivity contribution in [1.82, 2.24) is 10.4 Å². The lowest BCUT2D eigenvalue weighted by molar-refractivity contribution is 0.0949. The average molecular weight is 254 g/mol. The van der Waals surface area contributed by atoms with Gasteiger partial charge in [-0.15, -0.1) is 0 Å². The van der Waals surface area contributed by atoms with Crippen molar-refractivity contribution < 1.29 is 4.79 Å². The predicted octanol–water partition coefficient (Wildman–Crippen LogP) is 2.89.